The Bertz CT molecular complexity index is 305. The molecule has 1 heterocycles. The maximum absolute atomic E-state index is 12.3. The molecule has 0 aliphatic rings. The van der Waals surface area contributed by atoms with Crippen LogP contribution in [0.25, 0.3) is 0 Å². The standard InChI is InChI=1S/C4H2F5N3O/c5-3(6,4(7,8)9)1-11-2(10)12-13-1/h(H2,10,12). The predicted octanol–water partition coefficient (Wildman–Crippen LogP) is 1.31. The van der Waals surface area contributed by atoms with Crippen LogP contribution in [0.1, 0.15) is 5.89 Å². The van der Waals surface area contributed by atoms with Crippen LogP contribution in [-0.2, 0) is 5.92 Å². The zero-order valence-electron chi connectivity index (χ0n) is 5.77. The number of hydrogen-bond acceptors (Lipinski definition) is 4. The quantitative estimate of drug-likeness (QED) is 0.698. The van der Waals surface area contributed by atoms with Crippen LogP contribution in [0.3, 0.4) is 0 Å². The molecule has 2 N–H and O–H groups in total. The van der Waals surface area contributed by atoms with Crippen LogP contribution < -0.4 is 5.73 Å². The Kier molecular flexibility index (Phi) is 1.89. The zero-order chi connectivity index (χ0) is 10.3. The van der Waals surface area contributed by atoms with Gasteiger partial charge in [-0.1, -0.05) is 0 Å². The van der Waals surface area contributed by atoms with Crippen LogP contribution in [0.15, 0.2) is 4.52 Å². The summed E-state index contributed by atoms with van der Waals surface area (Å²) in [5.74, 6) is -7.81. The Morgan fingerprint density at radius 2 is 1.69 bits per heavy atom. The van der Waals surface area contributed by atoms with Gasteiger partial charge in [-0.2, -0.15) is 26.9 Å². The Labute approximate surface area is 67.5 Å². The van der Waals surface area contributed by atoms with Crippen molar-refractivity contribution < 1.29 is 26.5 Å². The first kappa shape index (κ1) is 9.68. The Morgan fingerprint density at radius 3 is 2.00 bits per heavy atom. The smallest absolute Gasteiger partial charge is 0.365 e. The van der Waals surface area contributed by atoms with E-state index in [2.05, 4.69) is 14.7 Å². The highest BCUT2D eigenvalue weighted by atomic mass is 19.4. The minimum Gasteiger partial charge on any atom is -0.365 e. The molecule has 1 rings (SSSR count). The highest BCUT2D eigenvalue weighted by Gasteiger charge is 2.63. The molecule has 0 bridgehead atoms. The molecule has 74 valence electrons. The van der Waals surface area contributed by atoms with Gasteiger partial charge in [0.05, 0.1) is 0 Å². The Balaban J connectivity index is 3.07. The third-order valence-electron chi connectivity index (χ3n) is 1.07. The van der Waals surface area contributed by atoms with Crippen molar-refractivity contribution >= 4 is 5.95 Å². The van der Waals surface area contributed by atoms with E-state index in [-0.39, 0.29) is 0 Å². The maximum Gasteiger partial charge on any atom is 0.463 e. The van der Waals surface area contributed by atoms with Gasteiger partial charge in [-0.25, -0.2) is 0 Å². The maximum atomic E-state index is 12.3. The van der Waals surface area contributed by atoms with Gasteiger partial charge in [0.1, 0.15) is 0 Å². The highest BCUT2D eigenvalue weighted by Crippen LogP contribution is 2.42. The van der Waals surface area contributed by atoms with Gasteiger partial charge in [-0.3, -0.25) is 0 Å². The molecule has 0 saturated heterocycles. The second-order valence-corrected chi connectivity index (χ2v) is 2.03. The van der Waals surface area contributed by atoms with Crippen molar-refractivity contribution in [2.75, 3.05) is 5.73 Å². The van der Waals surface area contributed by atoms with Gasteiger partial charge >= 0.3 is 18.0 Å². The number of halogens is 5. The number of aromatic nitrogens is 2. The fraction of sp³-hybridized carbons (Fsp3) is 0.500. The summed E-state index contributed by atoms with van der Waals surface area (Å²) in [6.45, 7) is 0. The van der Waals surface area contributed by atoms with E-state index >= 15 is 0 Å². The summed E-state index contributed by atoms with van der Waals surface area (Å²) < 4.78 is 63.0. The lowest BCUT2D eigenvalue weighted by Gasteiger charge is -2.14. The van der Waals surface area contributed by atoms with Crippen molar-refractivity contribution in [2.45, 2.75) is 12.1 Å². The van der Waals surface area contributed by atoms with E-state index in [4.69, 9.17) is 5.73 Å². The summed E-state index contributed by atoms with van der Waals surface area (Å²) >= 11 is 0. The molecule has 0 aromatic carbocycles. The highest BCUT2D eigenvalue weighted by molar-refractivity contribution is 5.13. The van der Waals surface area contributed by atoms with E-state index in [1.165, 1.54) is 0 Å². The third-order valence-corrected chi connectivity index (χ3v) is 1.07. The second-order valence-electron chi connectivity index (χ2n) is 2.03. The average Bonchev–Trinajstić information content (AvgIpc) is 2.33. The second kappa shape index (κ2) is 2.54. The van der Waals surface area contributed by atoms with Gasteiger partial charge in [-0.15, -0.1) is 0 Å². The van der Waals surface area contributed by atoms with Crippen LogP contribution in [0.4, 0.5) is 27.9 Å². The minimum atomic E-state index is -5.77. The zero-order valence-corrected chi connectivity index (χ0v) is 5.77. The molecule has 0 spiro atoms. The summed E-state index contributed by atoms with van der Waals surface area (Å²) in [5.41, 5.74) is 4.70. The molecule has 13 heavy (non-hydrogen) atoms. The number of nitrogens with two attached hydrogens (primary N) is 1. The van der Waals surface area contributed by atoms with E-state index in [0.717, 1.165) is 0 Å². The molecule has 0 radical (unpaired) electrons. The van der Waals surface area contributed by atoms with Crippen molar-refractivity contribution in [1.82, 2.24) is 10.1 Å². The van der Waals surface area contributed by atoms with Gasteiger partial charge in [0, 0.05) is 0 Å². The Morgan fingerprint density at radius 1 is 1.15 bits per heavy atom. The number of rotatable bonds is 1. The molecule has 1 aromatic rings. The molecule has 4 nitrogen and oxygen atoms in total. The summed E-state index contributed by atoms with van der Waals surface area (Å²) in [6, 6.07) is 0. The van der Waals surface area contributed by atoms with Crippen molar-refractivity contribution in [2.24, 2.45) is 0 Å². The fourth-order valence-corrected chi connectivity index (χ4v) is 0.484. The lowest BCUT2D eigenvalue weighted by molar-refractivity contribution is -0.298. The number of nitrogens with zero attached hydrogens (tertiary/aromatic N) is 2. The molecule has 0 atom stereocenters. The van der Waals surface area contributed by atoms with Crippen LogP contribution in [-0.4, -0.2) is 16.3 Å². The molecule has 0 unspecified atom stereocenters. The molecule has 0 amide bonds. The molecule has 0 aliphatic carbocycles. The van der Waals surface area contributed by atoms with Crippen LogP contribution in [0.5, 0.6) is 0 Å². The van der Waals surface area contributed by atoms with E-state index in [1.54, 1.807) is 0 Å². The number of alkyl halides is 5. The summed E-state index contributed by atoms with van der Waals surface area (Å²) in [5, 5.41) is 2.61. The van der Waals surface area contributed by atoms with Gasteiger partial charge in [0.25, 0.3) is 5.95 Å². The SMILES string of the molecule is Nc1noc(C(F)(F)C(F)(F)F)n1. The number of nitrogen functional groups attached to an aromatic ring is 1. The van der Waals surface area contributed by atoms with Gasteiger partial charge in [0.15, 0.2) is 0 Å². The van der Waals surface area contributed by atoms with Crippen molar-refractivity contribution in [3.8, 4) is 0 Å². The molecule has 0 aliphatic heterocycles. The van der Waals surface area contributed by atoms with Crippen LogP contribution >= 0.6 is 0 Å². The molecule has 1 aromatic heterocycles. The predicted molar refractivity (Wildman–Crippen MR) is 28.7 cm³/mol. The molecular weight excluding hydrogens is 201 g/mol. The normalized spacial score (nSPS) is 13.3. The molecule has 0 saturated carbocycles. The lowest BCUT2D eigenvalue weighted by atomic mass is 10.3. The van der Waals surface area contributed by atoms with Crippen molar-refractivity contribution in [1.29, 1.82) is 0 Å². The van der Waals surface area contributed by atoms with Crippen LogP contribution in [0, 0.1) is 0 Å². The van der Waals surface area contributed by atoms with Gasteiger partial charge in [0.2, 0.25) is 0 Å². The Hall–Kier alpha value is -1.41. The summed E-state index contributed by atoms with van der Waals surface area (Å²) in [6.07, 6.45) is -5.77. The molecule has 0 fully saturated rings. The summed E-state index contributed by atoms with van der Waals surface area (Å²) in [7, 11) is 0. The van der Waals surface area contributed by atoms with Crippen molar-refractivity contribution in [3.05, 3.63) is 5.89 Å². The van der Waals surface area contributed by atoms with E-state index in [9.17, 15) is 22.0 Å². The number of anilines is 1. The largest absolute Gasteiger partial charge is 0.463 e. The number of hydrogen-bond donors (Lipinski definition) is 1. The first-order chi connectivity index (χ1) is 5.75. The first-order valence-electron chi connectivity index (χ1n) is 2.79. The van der Waals surface area contributed by atoms with Gasteiger partial charge < -0.3 is 10.3 Å². The monoisotopic (exact) mass is 203 g/mol. The minimum absolute atomic E-state index is 0.779. The molecular formula is C4H2F5N3O. The van der Waals surface area contributed by atoms with E-state index in [1.807, 2.05) is 0 Å². The molecule has 9 heteroatoms. The van der Waals surface area contributed by atoms with E-state index < -0.39 is 23.9 Å². The topological polar surface area (TPSA) is 64.9 Å². The third kappa shape index (κ3) is 1.53. The lowest BCUT2D eigenvalue weighted by Crippen LogP contribution is -2.34. The first-order valence-corrected chi connectivity index (χ1v) is 2.79. The van der Waals surface area contributed by atoms with Crippen LogP contribution in [0.2, 0.25) is 0 Å². The van der Waals surface area contributed by atoms with Gasteiger partial charge in [-0.05, 0) is 5.16 Å². The average molecular weight is 203 g/mol. The fourth-order valence-electron chi connectivity index (χ4n) is 0.484. The van der Waals surface area contributed by atoms with Crippen molar-refractivity contribution in [3.63, 3.8) is 0 Å². The summed E-state index contributed by atoms with van der Waals surface area (Å²) in [4.78, 5) is 2.58. The van der Waals surface area contributed by atoms with E-state index in [0.29, 0.717) is 0 Å².